The van der Waals surface area contributed by atoms with Crippen LogP contribution in [0.25, 0.3) is 0 Å². The highest BCUT2D eigenvalue weighted by Gasteiger charge is 2.45. The molecule has 3 rings (SSSR count). The molecule has 0 aromatic carbocycles. The SMILES string of the molecule is Cc1ccnc2c1CC1CC(=O)N(C)C21. The lowest BCUT2D eigenvalue weighted by atomic mass is 10.0. The van der Waals surface area contributed by atoms with E-state index < -0.39 is 0 Å². The van der Waals surface area contributed by atoms with Crippen LogP contribution in [-0.2, 0) is 11.2 Å². The van der Waals surface area contributed by atoms with Crippen LogP contribution >= 0.6 is 0 Å². The van der Waals surface area contributed by atoms with E-state index in [0.717, 1.165) is 12.1 Å². The van der Waals surface area contributed by atoms with Gasteiger partial charge in [0.15, 0.2) is 0 Å². The third-order valence-corrected chi connectivity index (χ3v) is 3.76. The summed E-state index contributed by atoms with van der Waals surface area (Å²) in [5.41, 5.74) is 3.82. The van der Waals surface area contributed by atoms with Gasteiger partial charge in [0.2, 0.25) is 5.91 Å². The van der Waals surface area contributed by atoms with Crippen LogP contribution in [-0.4, -0.2) is 22.8 Å². The van der Waals surface area contributed by atoms with Crippen molar-refractivity contribution in [3.8, 4) is 0 Å². The van der Waals surface area contributed by atoms with Crippen LogP contribution in [0, 0.1) is 12.8 Å². The fourth-order valence-corrected chi connectivity index (χ4v) is 2.93. The van der Waals surface area contributed by atoms with Crippen LogP contribution < -0.4 is 0 Å². The van der Waals surface area contributed by atoms with Gasteiger partial charge in [0.05, 0.1) is 11.7 Å². The first-order chi connectivity index (χ1) is 7.18. The van der Waals surface area contributed by atoms with Gasteiger partial charge in [-0.05, 0) is 36.5 Å². The first-order valence-corrected chi connectivity index (χ1v) is 5.38. The van der Waals surface area contributed by atoms with Crippen molar-refractivity contribution < 1.29 is 4.79 Å². The summed E-state index contributed by atoms with van der Waals surface area (Å²) in [5.74, 6) is 0.727. The number of aromatic nitrogens is 1. The summed E-state index contributed by atoms with van der Waals surface area (Å²) >= 11 is 0. The second-order valence-electron chi connectivity index (χ2n) is 4.61. The maximum atomic E-state index is 11.6. The van der Waals surface area contributed by atoms with Crippen molar-refractivity contribution in [2.75, 3.05) is 7.05 Å². The van der Waals surface area contributed by atoms with Gasteiger partial charge in [-0.25, -0.2) is 0 Å². The van der Waals surface area contributed by atoms with Crippen molar-refractivity contribution in [1.29, 1.82) is 0 Å². The molecule has 1 saturated heterocycles. The number of hydrogen-bond donors (Lipinski definition) is 0. The Kier molecular flexibility index (Phi) is 1.67. The highest BCUT2D eigenvalue weighted by Crippen LogP contribution is 2.45. The van der Waals surface area contributed by atoms with Crippen LogP contribution in [0.15, 0.2) is 12.3 Å². The average molecular weight is 202 g/mol. The minimum absolute atomic E-state index is 0.243. The standard InChI is InChI=1S/C12H14N2O/c1-7-3-4-13-11-9(7)5-8-6-10(15)14(2)12(8)11/h3-4,8,12H,5-6H2,1-2H3. The van der Waals surface area contributed by atoms with Gasteiger partial charge < -0.3 is 4.90 Å². The summed E-state index contributed by atoms with van der Waals surface area (Å²) in [6.07, 6.45) is 3.57. The Morgan fingerprint density at radius 1 is 1.47 bits per heavy atom. The zero-order valence-corrected chi connectivity index (χ0v) is 9.03. The molecule has 1 aromatic heterocycles. The summed E-state index contributed by atoms with van der Waals surface area (Å²) in [7, 11) is 1.89. The molecule has 0 radical (unpaired) electrons. The number of nitrogens with zero attached hydrogens (tertiary/aromatic N) is 2. The van der Waals surface area contributed by atoms with E-state index in [-0.39, 0.29) is 11.9 Å². The summed E-state index contributed by atoms with van der Waals surface area (Å²) in [4.78, 5) is 17.9. The average Bonchev–Trinajstić information content (AvgIpc) is 2.68. The second-order valence-corrected chi connectivity index (χ2v) is 4.61. The number of amides is 1. The van der Waals surface area contributed by atoms with Crippen molar-refractivity contribution >= 4 is 5.91 Å². The topological polar surface area (TPSA) is 33.2 Å². The fraction of sp³-hybridized carbons (Fsp3) is 0.500. The maximum absolute atomic E-state index is 11.6. The predicted molar refractivity (Wildman–Crippen MR) is 56.3 cm³/mol. The minimum Gasteiger partial charge on any atom is -0.337 e. The normalized spacial score (nSPS) is 28.1. The molecule has 3 nitrogen and oxygen atoms in total. The van der Waals surface area contributed by atoms with Gasteiger partial charge in [-0.15, -0.1) is 0 Å². The Morgan fingerprint density at radius 2 is 2.27 bits per heavy atom. The molecule has 1 amide bonds. The van der Waals surface area contributed by atoms with Gasteiger partial charge in [-0.2, -0.15) is 0 Å². The minimum atomic E-state index is 0.243. The molecule has 1 fully saturated rings. The third kappa shape index (κ3) is 1.06. The fourth-order valence-electron chi connectivity index (χ4n) is 2.93. The Morgan fingerprint density at radius 3 is 3.07 bits per heavy atom. The van der Waals surface area contributed by atoms with E-state index in [4.69, 9.17) is 0 Å². The molecule has 2 aliphatic rings. The quantitative estimate of drug-likeness (QED) is 0.638. The largest absolute Gasteiger partial charge is 0.337 e. The van der Waals surface area contributed by atoms with E-state index >= 15 is 0 Å². The number of hydrogen-bond acceptors (Lipinski definition) is 2. The molecule has 3 heteroatoms. The number of carbonyl (C=O) groups excluding carboxylic acids is 1. The van der Waals surface area contributed by atoms with Crippen molar-refractivity contribution in [2.24, 2.45) is 5.92 Å². The van der Waals surface area contributed by atoms with Crippen molar-refractivity contribution in [3.05, 3.63) is 29.1 Å². The molecule has 0 N–H and O–H groups in total. The van der Waals surface area contributed by atoms with E-state index in [0.29, 0.717) is 12.3 Å². The van der Waals surface area contributed by atoms with Crippen molar-refractivity contribution in [2.45, 2.75) is 25.8 Å². The molecular formula is C12H14N2O. The summed E-state index contributed by atoms with van der Waals surface area (Å²) in [6.45, 7) is 2.13. The molecule has 0 saturated carbocycles. The van der Waals surface area contributed by atoms with Crippen LogP contribution in [0.3, 0.4) is 0 Å². The highest BCUT2D eigenvalue weighted by molar-refractivity contribution is 5.80. The zero-order chi connectivity index (χ0) is 10.6. The van der Waals surface area contributed by atoms with E-state index in [2.05, 4.69) is 18.0 Å². The van der Waals surface area contributed by atoms with Gasteiger partial charge in [-0.3, -0.25) is 9.78 Å². The van der Waals surface area contributed by atoms with Crippen molar-refractivity contribution in [1.82, 2.24) is 9.88 Å². The third-order valence-electron chi connectivity index (χ3n) is 3.76. The Balaban J connectivity index is 2.12. The lowest BCUT2D eigenvalue weighted by Gasteiger charge is -2.19. The first-order valence-electron chi connectivity index (χ1n) is 5.38. The molecule has 15 heavy (non-hydrogen) atoms. The molecule has 2 unspecified atom stereocenters. The number of likely N-dealkylation sites (tertiary alicyclic amines) is 1. The molecule has 2 atom stereocenters. The summed E-state index contributed by atoms with van der Waals surface area (Å²) in [5, 5.41) is 0. The Bertz CT molecular complexity index is 441. The molecule has 1 aliphatic carbocycles. The predicted octanol–water partition coefficient (Wildman–Crippen LogP) is 1.47. The van der Waals surface area contributed by atoms with E-state index in [1.54, 1.807) is 0 Å². The van der Waals surface area contributed by atoms with Crippen LogP contribution in [0.4, 0.5) is 0 Å². The van der Waals surface area contributed by atoms with Crippen LogP contribution in [0.2, 0.25) is 0 Å². The second kappa shape index (κ2) is 2.81. The smallest absolute Gasteiger partial charge is 0.223 e. The Labute approximate surface area is 89.1 Å². The van der Waals surface area contributed by atoms with Gasteiger partial charge in [0.25, 0.3) is 0 Å². The first kappa shape index (κ1) is 8.89. The molecular weight excluding hydrogens is 188 g/mol. The Hall–Kier alpha value is -1.38. The van der Waals surface area contributed by atoms with E-state index in [1.807, 2.05) is 18.1 Å². The molecule has 1 aromatic rings. The molecule has 0 bridgehead atoms. The maximum Gasteiger partial charge on any atom is 0.223 e. The number of pyridine rings is 1. The number of carbonyl (C=O) groups is 1. The molecule has 2 heterocycles. The van der Waals surface area contributed by atoms with E-state index in [9.17, 15) is 4.79 Å². The summed E-state index contributed by atoms with van der Waals surface area (Å²) < 4.78 is 0. The monoisotopic (exact) mass is 202 g/mol. The number of fused-ring (bicyclic) bond motifs is 3. The van der Waals surface area contributed by atoms with E-state index in [1.165, 1.54) is 11.1 Å². The van der Waals surface area contributed by atoms with Crippen LogP contribution in [0.5, 0.6) is 0 Å². The van der Waals surface area contributed by atoms with Crippen molar-refractivity contribution in [3.63, 3.8) is 0 Å². The highest BCUT2D eigenvalue weighted by atomic mass is 16.2. The van der Waals surface area contributed by atoms with Crippen LogP contribution in [0.1, 0.15) is 29.3 Å². The molecule has 0 spiro atoms. The van der Waals surface area contributed by atoms with Gasteiger partial charge in [0.1, 0.15) is 0 Å². The number of aryl methyl sites for hydroxylation is 1. The van der Waals surface area contributed by atoms with Gasteiger partial charge in [-0.1, -0.05) is 0 Å². The lowest BCUT2D eigenvalue weighted by molar-refractivity contribution is -0.127. The molecule has 78 valence electrons. The lowest BCUT2D eigenvalue weighted by Crippen LogP contribution is -2.23. The van der Waals surface area contributed by atoms with Gasteiger partial charge in [0, 0.05) is 19.7 Å². The van der Waals surface area contributed by atoms with Gasteiger partial charge >= 0.3 is 0 Å². The number of rotatable bonds is 0. The summed E-state index contributed by atoms with van der Waals surface area (Å²) in [6, 6.07) is 2.30. The molecule has 1 aliphatic heterocycles. The zero-order valence-electron chi connectivity index (χ0n) is 9.03.